The van der Waals surface area contributed by atoms with E-state index in [4.69, 9.17) is 0 Å². The molecule has 0 aromatic carbocycles. The van der Waals surface area contributed by atoms with Crippen molar-refractivity contribution < 1.29 is 0 Å². The zero-order valence-electron chi connectivity index (χ0n) is 20.9. The summed E-state index contributed by atoms with van der Waals surface area (Å²) in [6, 6.07) is 0. The fraction of sp³-hybridized carbons (Fsp3) is 1.00. The molecule has 0 unspecified atom stereocenters. The predicted molar refractivity (Wildman–Crippen MR) is 135 cm³/mol. The third-order valence-corrected chi connectivity index (χ3v) is 33.2. The zero-order chi connectivity index (χ0) is 20.9. The van der Waals surface area contributed by atoms with Gasteiger partial charge in [0.2, 0.25) is 0 Å². The summed E-state index contributed by atoms with van der Waals surface area (Å²) < 4.78 is 0. The summed E-state index contributed by atoms with van der Waals surface area (Å²) in [7, 11) is 0. The van der Waals surface area contributed by atoms with Crippen LogP contribution in [-0.4, -0.2) is 34.0 Å². The first-order chi connectivity index (χ1) is 11.7. The Bertz CT molecular complexity index is 332. The van der Waals surface area contributed by atoms with Gasteiger partial charge in [0.25, 0.3) is 0 Å². The standard InChI is InChI=1S/C24H56P2/c1-13-16-19-25(20-17-14-2,21-18-15-3)26(22(4,5)6,23(7,8)9)24(10,11)12/h25-26H,13-21H2,1-12H3. The molecule has 0 atom stereocenters. The molecule has 0 amide bonds. The van der Waals surface area contributed by atoms with E-state index in [2.05, 4.69) is 83.1 Å². The molecule has 0 aromatic heterocycles. The van der Waals surface area contributed by atoms with Gasteiger partial charge in [-0.2, -0.15) is 0 Å². The van der Waals surface area contributed by atoms with Crippen molar-refractivity contribution in [2.45, 2.75) is 137 Å². The number of rotatable bonds is 10. The molecular weight excluding hydrogens is 350 g/mol. The van der Waals surface area contributed by atoms with E-state index in [1.54, 1.807) is 18.5 Å². The Morgan fingerprint density at radius 1 is 0.462 bits per heavy atom. The van der Waals surface area contributed by atoms with E-state index in [0.29, 0.717) is 15.5 Å². The molecule has 26 heavy (non-hydrogen) atoms. The molecule has 2 heteroatoms. The summed E-state index contributed by atoms with van der Waals surface area (Å²) in [5.74, 6) is 0. The van der Waals surface area contributed by atoms with Crippen molar-refractivity contribution in [1.29, 1.82) is 0 Å². The molecule has 0 aliphatic heterocycles. The van der Waals surface area contributed by atoms with E-state index in [0.717, 1.165) is 0 Å². The van der Waals surface area contributed by atoms with Gasteiger partial charge in [-0.15, -0.1) is 0 Å². The summed E-state index contributed by atoms with van der Waals surface area (Å²) in [5.41, 5.74) is 0. The Morgan fingerprint density at radius 3 is 0.846 bits per heavy atom. The Kier molecular flexibility index (Phi) is 10.4. The monoisotopic (exact) mass is 406 g/mol. The predicted octanol–water partition coefficient (Wildman–Crippen LogP) is 9.20. The first-order valence-electron chi connectivity index (χ1n) is 11.7. The quantitative estimate of drug-likeness (QED) is 0.317. The molecule has 0 aromatic rings. The van der Waals surface area contributed by atoms with Gasteiger partial charge < -0.3 is 0 Å². The van der Waals surface area contributed by atoms with E-state index < -0.39 is 13.9 Å². The van der Waals surface area contributed by atoms with Crippen molar-refractivity contribution in [3.63, 3.8) is 0 Å². The second-order valence-corrected chi connectivity index (χ2v) is 27.6. The normalized spacial score (nSPS) is 16.0. The van der Waals surface area contributed by atoms with Crippen LogP contribution in [0, 0.1) is 0 Å². The second kappa shape index (κ2) is 10.1. The Labute approximate surface area is 169 Å². The third-order valence-electron chi connectivity index (χ3n) is 7.20. The zero-order valence-corrected chi connectivity index (χ0v) is 22.9. The fourth-order valence-corrected chi connectivity index (χ4v) is 44.0. The Hall–Kier alpha value is 0.860. The number of hydrogen-bond acceptors (Lipinski definition) is 0. The van der Waals surface area contributed by atoms with Crippen LogP contribution in [0.2, 0.25) is 0 Å². The van der Waals surface area contributed by atoms with Gasteiger partial charge >= 0.3 is 169 Å². The van der Waals surface area contributed by atoms with Gasteiger partial charge in [0.05, 0.1) is 0 Å². The van der Waals surface area contributed by atoms with E-state index in [9.17, 15) is 0 Å². The summed E-state index contributed by atoms with van der Waals surface area (Å²) >= 11 is 0. The molecule has 0 bridgehead atoms. The van der Waals surface area contributed by atoms with Gasteiger partial charge in [-0.1, -0.05) is 0 Å². The average Bonchev–Trinajstić information content (AvgIpc) is 2.44. The van der Waals surface area contributed by atoms with Gasteiger partial charge in [-0.05, 0) is 0 Å². The van der Waals surface area contributed by atoms with Gasteiger partial charge in [-0.25, -0.2) is 0 Å². The van der Waals surface area contributed by atoms with Gasteiger partial charge in [0, 0.05) is 0 Å². The van der Waals surface area contributed by atoms with Gasteiger partial charge in [0.1, 0.15) is 0 Å². The van der Waals surface area contributed by atoms with E-state index in [1.807, 2.05) is 0 Å². The molecule has 0 saturated carbocycles. The summed E-state index contributed by atoms with van der Waals surface area (Å²) in [4.78, 5) is 0. The van der Waals surface area contributed by atoms with Crippen LogP contribution in [-0.2, 0) is 0 Å². The van der Waals surface area contributed by atoms with Crippen LogP contribution >= 0.6 is 13.9 Å². The molecule has 0 spiro atoms. The molecule has 0 radical (unpaired) electrons. The Morgan fingerprint density at radius 2 is 0.692 bits per heavy atom. The minimum absolute atomic E-state index is 0.463. The number of unbranched alkanes of at least 4 members (excludes halogenated alkanes) is 3. The molecule has 0 fully saturated rings. The molecule has 0 nitrogen and oxygen atoms in total. The molecule has 162 valence electrons. The third kappa shape index (κ3) is 5.26. The maximum absolute atomic E-state index is 2.64. The van der Waals surface area contributed by atoms with Crippen molar-refractivity contribution in [2.24, 2.45) is 0 Å². The van der Waals surface area contributed by atoms with E-state index in [-0.39, 0.29) is 0 Å². The van der Waals surface area contributed by atoms with Gasteiger partial charge in [-0.3, -0.25) is 0 Å². The molecule has 0 heterocycles. The van der Waals surface area contributed by atoms with Gasteiger partial charge in [0.15, 0.2) is 0 Å². The van der Waals surface area contributed by atoms with E-state index in [1.165, 1.54) is 38.5 Å². The minimum atomic E-state index is -1.65. The van der Waals surface area contributed by atoms with Crippen LogP contribution in [0.1, 0.15) is 122 Å². The molecule has 0 rings (SSSR count). The van der Waals surface area contributed by atoms with Crippen LogP contribution in [0.5, 0.6) is 0 Å². The summed E-state index contributed by atoms with van der Waals surface area (Å²) in [6.45, 7) is 27.9. The van der Waals surface area contributed by atoms with Crippen molar-refractivity contribution in [3.05, 3.63) is 0 Å². The Balaban J connectivity index is 6.92. The summed E-state index contributed by atoms with van der Waals surface area (Å²) in [5, 5.41) is 1.39. The van der Waals surface area contributed by atoms with Crippen LogP contribution in [0.4, 0.5) is 0 Å². The summed E-state index contributed by atoms with van der Waals surface area (Å²) in [6.07, 6.45) is 13.3. The first kappa shape index (κ1) is 26.9. The molecule has 0 aliphatic carbocycles. The molecule has 0 N–H and O–H groups in total. The SMILES string of the molecule is CCCC[PH](CCCC)(CCCC)[PH](C(C)(C)C)(C(C)(C)C)C(C)(C)C. The van der Waals surface area contributed by atoms with Crippen LogP contribution in [0.15, 0.2) is 0 Å². The van der Waals surface area contributed by atoms with Crippen molar-refractivity contribution in [1.82, 2.24) is 0 Å². The first-order valence-corrected chi connectivity index (χ1v) is 17.3. The van der Waals surface area contributed by atoms with Crippen LogP contribution in [0.3, 0.4) is 0 Å². The number of hydrogen-bond donors (Lipinski definition) is 0. The average molecular weight is 407 g/mol. The maximum atomic E-state index is 2.64. The molecule has 0 saturated heterocycles. The molecule has 0 aliphatic rings. The van der Waals surface area contributed by atoms with Crippen LogP contribution < -0.4 is 0 Å². The second-order valence-electron chi connectivity index (χ2n) is 12.1. The van der Waals surface area contributed by atoms with E-state index >= 15 is 0 Å². The van der Waals surface area contributed by atoms with Crippen molar-refractivity contribution >= 4 is 13.9 Å². The fourth-order valence-electron chi connectivity index (χ4n) is 8.24. The topological polar surface area (TPSA) is 0 Å². The van der Waals surface area contributed by atoms with Crippen molar-refractivity contribution in [2.75, 3.05) is 18.5 Å². The van der Waals surface area contributed by atoms with Crippen molar-refractivity contribution in [3.8, 4) is 0 Å². The molecular formula is C24H56P2. The van der Waals surface area contributed by atoms with Crippen LogP contribution in [0.25, 0.3) is 0 Å².